The molecule has 0 aliphatic carbocycles. The molecule has 32 heavy (non-hydrogen) atoms. The Morgan fingerprint density at radius 1 is 0.969 bits per heavy atom. The molecule has 1 saturated heterocycles. The number of aryl methyl sites for hydroxylation is 1. The van der Waals surface area contributed by atoms with E-state index >= 15 is 0 Å². The van der Waals surface area contributed by atoms with Gasteiger partial charge in [0.15, 0.2) is 0 Å². The Kier molecular flexibility index (Phi) is 7.11. The molecule has 1 N–H and O–H groups in total. The Hall–Kier alpha value is -3.03. The van der Waals surface area contributed by atoms with Crippen molar-refractivity contribution in [2.45, 2.75) is 33.0 Å². The predicted molar refractivity (Wildman–Crippen MR) is 118 cm³/mol. The second kappa shape index (κ2) is 9.63. The molecule has 1 aliphatic rings. The Labute approximate surface area is 186 Å². The molecule has 0 saturated carbocycles. The normalized spacial score (nSPS) is 15.6. The molecule has 2 amide bonds. The Morgan fingerprint density at radius 3 is 2.16 bits per heavy atom. The molecule has 3 rings (SSSR count). The Balaban J connectivity index is 1.63. The van der Waals surface area contributed by atoms with Gasteiger partial charge in [0.25, 0.3) is 5.91 Å². The van der Waals surface area contributed by atoms with Crippen LogP contribution < -0.4 is 10.2 Å². The van der Waals surface area contributed by atoms with Crippen molar-refractivity contribution in [2.24, 2.45) is 5.92 Å². The third-order valence-corrected chi connectivity index (χ3v) is 5.66. The van der Waals surface area contributed by atoms with E-state index in [-0.39, 0.29) is 17.7 Å². The zero-order chi connectivity index (χ0) is 23.5. The summed E-state index contributed by atoms with van der Waals surface area (Å²) in [4.78, 5) is 29.3. The van der Waals surface area contributed by atoms with Crippen molar-refractivity contribution in [3.63, 3.8) is 0 Å². The highest BCUT2D eigenvalue weighted by atomic mass is 19.4. The lowest BCUT2D eigenvalue weighted by Gasteiger charge is -2.38. The molecular formula is C24H28F3N3O2. The minimum absolute atomic E-state index is 0.113. The molecule has 0 radical (unpaired) electrons. The fourth-order valence-corrected chi connectivity index (χ4v) is 3.70. The monoisotopic (exact) mass is 447 g/mol. The van der Waals surface area contributed by atoms with Crippen molar-refractivity contribution >= 4 is 17.5 Å². The van der Waals surface area contributed by atoms with Crippen molar-refractivity contribution in [2.75, 3.05) is 31.1 Å². The second-order valence-electron chi connectivity index (χ2n) is 8.42. The van der Waals surface area contributed by atoms with E-state index in [0.29, 0.717) is 37.4 Å². The summed E-state index contributed by atoms with van der Waals surface area (Å²) in [7, 11) is 0. The van der Waals surface area contributed by atoms with Gasteiger partial charge in [-0.2, -0.15) is 13.2 Å². The summed E-state index contributed by atoms with van der Waals surface area (Å²) in [6.07, 6.45) is -4.39. The first-order valence-electron chi connectivity index (χ1n) is 10.6. The molecule has 0 unspecified atom stereocenters. The van der Waals surface area contributed by atoms with E-state index in [1.165, 1.54) is 6.07 Å². The molecule has 0 bridgehead atoms. The lowest BCUT2D eigenvalue weighted by molar-refractivity contribution is -0.137. The number of rotatable bonds is 5. The SMILES string of the molecule is Cc1ccc(C(=O)N[C@H](C(=O)N2CCN(c3cccc(C(F)(F)F)c3)CC2)C(C)C)cc1. The standard InChI is InChI=1S/C24H28F3N3O2/c1-16(2)21(28-22(31)18-9-7-17(3)8-10-18)23(32)30-13-11-29(12-14-30)20-6-4-5-19(15-20)24(25,26)27/h4-10,15-16,21H,11-14H2,1-3H3,(H,28,31)/t21-/m0/s1. The maximum Gasteiger partial charge on any atom is 0.416 e. The number of hydrogen-bond donors (Lipinski definition) is 1. The third-order valence-electron chi connectivity index (χ3n) is 5.66. The smallest absolute Gasteiger partial charge is 0.368 e. The van der Waals surface area contributed by atoms with Crippen LogP contribution in [0.2, 0.25) is 0 Å². The van der Waals surface area contributed by atoms with Crippen LogP contribution in [0.25, 0.3) is 0 Å². The molecule has 2 aromatic rings. The molecule has 172 valence electrons. The number of nitrogens with zero attached hydrogens (tertiary/aromatic N) is 2. The number of carbonyl (C=O) groups excluding carboxylic acids is 2. The summed E-state index contributed by atoms with van der Waals surface area (Å²) >= 11 is 0. The molecule has 5 nitrogen and oxygen atoms in total. The Bertz CT molecular complexity index is 950. The van der Waals surface area contributed by atoms with Gasteiger partial charge >= 0.3 is 6.18 Å². The summed E-state index contributed by atoms with van der Waals surface area (Å²) in [5.41, 5.74) is 1.33. The lowest BCUT2D eigenvalue weighted by atomic mass is 10.0. The maximum absolute atomic E-state index is 13.1. The number of amides is 2. The van der Waals surface area contributed by atoms with Crippen molar-refractivity contribution in [1.29, 1.82) is 0 Å². The summed E-state index contributed by atoms with van der Waals surface area (Å²) in [5.74, 6) is -0.595. The van der Waals surface area contributed by atoms with Gasteiger partial charge < -0.3 is 15.1 Å². The van der Waals surface area contributed by atoms with Crippen LogP contribution in [0.5, 0.6) is 0 Å². The van der Waals surface area contributed by atoms with Gasteiger partial charge in [0.2, 0.25) is 5.91 Å². The Morgan fingerprint density at radius 2 is 1.59 bits per heavy atom. The fraction of sp³-hybridized carbons (Fsp3) is 0.417. The van der Waals surface area contributed by atoms with Crippen LogP contribution in [0.1, 0.15) is 35.3 Å². The number of nitrogens with one attached hydrogen (secondary N) is 1. The van der Waals surface area contributed by atoms with Crippen molar-refractivity contribution < 1.29 is 22.8 Å². The maximum atomic E-state index is 13.1. The molecule has 1 atom stereocenters. The molecule has 2 aromatic carbocycles. The van der Waals surface area contributed by atoms with Crippen LogP contribution in [0.3, 0.4) is 0 Å². The summed E-state index contributed by atoms with van der Waals surface area (Å²) < 4.78 is 39.0. The van der Waals surface area contributed by atoms with Crippen molar-refractivity contribution in [1.82, 2.24) is 10.2 Å². The van der Waals surface area contributed by atoms with E-state index in [0.717, 1.165) is 17.7 Å². The van der Waals surface area contributed by atoms with E-state index in [4.69, 9.17) is 0 Å². The fourth-order valence-electron chi connectivity index (χ4n) is 3.70. The highest BCUT2D eigenvalue weighted by molar-refractivity contribution is 5.97. The number of alkyl halides is 3. The highest BCUT2D eigenvalue weighted by Gasteiger charge is 2.33. The van der Waals surface area contributed by atoms with Gasteiger partial charge in [-0.15, -0.1) is 0 Å². The molecule has 1 heterocycles. The van der Waals surface area contributed by atoms with Crippen LogP contribution in [-0.2, 0) is 11.0 Å². The molecule has 0 aromatic heterocycles. The minimum Gasteiger partial charge on any atom is -0.368 e. The summed E-state index contributed by atoms with van der Waals surface area (Å²) in [6.45, 7) is 7.26. The molecule has 1 fully saturated rings. The van der Waals surface area contributed by atoms with Crippen LogP contribution >= 0.6 is 0 Å². The average molecular weight is 448 g/mol. The number of piperazine rings is 1. The van der Waals surface area contributed by atoms with Crippen molar-refractivity contribution in [3.05, 3.63) is 65.2 Å². The van der Waals surface area contributed by atoms with E-state index < -0.39 is 17.8 Å². The van der Waals surface area contributed by atoms with E-state index in [9.17, 15) is 22.8 Å². The van der Waals surface area contributed by atoms with Crippen LogP contribution in [0.15, 0.2) is 48.5 Å². The van der Waals surface area contributed by atoms with E-state index in [1.807, 2.05) is 37.8 Å². The largest absolute Gasteiger partial charge is 0.416 e. The van der Waals surface area contributed by atoms with Gasteiger partial charge in [0.05, 0.1) is 5.56 Å². The predicted octanol–water partition coefficient (Wildman–Crippen LogP) is 4.12. The van der Waals surface area contributed by atoms with Crippen LogP contribution in [0.4, 0.5) is 18.9 Å². The highest BCUT2D eigenvalue weighted by Crippen LogP contribution is 2.32. The van der Waals surface area contributed by atoms with Gasteiger partial charge in [-0.05, 0) is 43.2 Å². The molecule has 8 heteroatoms. The zero-order valence-corrected chi connectivity index (χ0v) is 18.4. The topological polar surface area (TPSA) is 52.7 Å². The van der Waals surface area contributed by atoms with Gasteiger partial charge in [0, 0.05) is 37.4 Å². The average Bonchev–Trinajstić information content (AvgIpc) is 2.77. The quantitative estimate of drug-likeness (QED) is 0.750. The van der Waals surface area contributed by atoms with Gasteiger partial charge in [-0.25, -0.2) is 0 Å². The lowest BCUT2D eigenvalue weighted by Crippen LogP contribution is -2.56. The summed E-state index contributed by atoms with van der Waals surface area (Å²) in [5, 5.41) is 2.85. The second-order valence-corrected chi connectivity index (χ2v) is 8.42. The van der Waals surface area contributed by atoms with Crippen LogP contribution in [0, 0.1) is 12.8 Å². The first-order valence-corrected chi connectivity index (χ1v) is 10.6. The number of halogens is 3. The minimum atomic E-state index is -4.39. The van der Waals surface area contributed by atoms with Crippen molar-refractivity contribution in [3.8, 4) is 0 Å². The molecule has 0 spiro atoms. The van der Waals surface area contributed by atoms with Gasteiger partial charge in [0.1, 0.15) is 6.04 Å². The van der Waals surface area contributed by atoms with E-state index in [2.05, 4.69) is 5.32 Å². The first kappa shape index (κ1) is 23.6. The molecule has 1 aliphatic heterocycles. The number of benzene rings is 2. The van der Waals surface area contributed by atoms with Crippen LogP contribution in [-0.4, -0.2) is 48.9 Å². The van der Waals surface area contributed by atoms with E-state index in [1.54, 1.807) is 23.1 Å². The number of anilines is 1. The van der Waals surface area contributed by atoms with Gasteiger partial charge in [-0.1, -0.05) is 37.6 Å². The summed E-state index contributed by atoms with van der Waals surface area (Å²) in [6, 6.07) is 11.7. The zero-order valence-electron chi connectivity index (χ0n) is 18.4. The molecular weight excluding hydrogens is 419 g/mol. The number of hydrogen-bond acceptors (Lipinski definition) is 3. The first-order chi connectivity index (χ1) is 15.1. The van der Waals surface area contributed by atoms with Gasteiger partial charge in [-0.3, -0.25) is 9.59 Å². The third kappa shape index (κ3) is 5.60. The number of carbonyl (C=O) groups is 2.